The maximum atomic E-state index is 12.9. The number of methoxy groups -OCH3 is 1. The predicted octanol–water partition coefficient (Wildman–Crippen LogP) is 4.68. The number of carbonyl (C=O) groups is 1. The van der Waals surface area contributed by atoms with E-state index in [1.54, 1.807) is 7.11 Å². The number of rotatable bonds is 8. The molecule has 1 aliphatic rings. The molecule has 0 bridgehead atoms. The van der Waals surface area contributed by atoms with Crippen molar-refractivity contribution in [2.75, 3.05) is 19.4 Å². The minimum atomic E-state index is -0.294. The second kappa shape index (κ2) is 10.3. The molecular formula is C25H30N4O3S. The molecular weight excluding hydrogens is 436 g/mol. The maximum Gasteiger partial charge on any atom is 0.233 e. The molecule has 7 nitrogen and oxygen atoms in total. The van der Waals surface area contributed by atoms with Crippen LogP contribution < -0.4 is 9.47 Å². The summed E-state index contributed by atoms with van der Waals surface area (Å²) in [4.78, 5) is 14.8. The zero-order valence-corrected chi connectivity index (χ0v) is 20.3. The van der Waals surface area contributed by atoms with Gasteiger partial charge in [0.15, 0.2) is 17.1 Å². The number of ether oxygens (including phenoxy) is 2. The molecule has 8 heteroatoms. The third-order valence-corrected chi connectivity index (χ3v) is 6.68. The molecule has 0 saturated carbocycles. The van der Waals surface area contributed by atoms with Gasteiger partial charge in [-0.25, -0.2) is 0 Å². The van der Waals surface area contributed by atoms with Gasteiger partial charge in [-0.2, -0.15) is 0 Å². The lowest BCUT2D eigenvalue weighted by Crippen LogP contribution is -2.37. The summed E-state index contributed by atoms with van der Waals surface area (Å²) in [7, 11) is 1.64. The van der Waals surface area contributed by atoms with E-state index >= 15 is 0 Å². The number of thioether (sulfide) groups is 1. The molecule has 2 heterocycles. The van der Waals surface area contributed by atoms with Crippen molar-refractivity contribution in [1.82, 2.24) is 19.7 Å². The first-order chi connectivity index (χ1) is 16.0. The van der Waals surface area contributed by atoms with E-state index in [4.69, 9.17) is 9.47 Å². The lowest BCUT2D eigenvalue weighted by Gasteiger charge is -2.28. The molecule has 0 radical (unpaired) electrons. The predicted molar refractivity (Wildman–Crippen MR) is 129 cm³/mol. The van der Waals surface area contributed by atoms with Crippen LogP contribution in [0.4, 0.5) is 0 Å². The third kappa shape index (κ3) is 5.33. The van der Waals surface area contributed by atoms with Gasteiger partial charge in [-0.3, -0.25) is 4.79 Å². The van der Waals surface area contributed by atoms with Crippen molar-refractivity contribution in [2.24, 2.45) is 0 Å². The summed E-state index contributed by atoms with van der Waals surface area (Å²) in [5.74, 6) is 2.71. The number of fused-ring (bicyclic) bond motifs is 1. The van der Waals surface area contributed by atoms with Gasteiger partial charge in [0.05, 0.1) is 12.9 Å². The quantitative estimate of drug-likeness (QED) is 0.449. The van der Waals surface area contributed by atoms with E-state index in [9.17, 15) is 4.79 Å². The topological polar surface area (TPSA) is 69.5 Å². The summed E-state index contributed by atoms with van der Waals surface area (Å²) in [6, 6.07) is 15.9. The Balaban J connectivity index is 1.41. The largest absolute Gasteiger partial charge is 0.497 e. The first-order valence-electron chi connectivity index (χ1n) is 11.2. The van der Waals surface area contributed by atoms with Crippen molar-refractivity contribution in [2.45, 2.75) is 51.0 Å². The standard InChI is InChI=1S/C25H30N4O3S/c1-17(2)29-24(18(3)32-22-11-9-21(31-4)10-12-22)26-27-25(29)33-16-23(30)28-14-13-19-7-5-6-8-20(19)15-28/h5-12,17-18H,13-16H2,1-4H3. The number of benzene rings is 2. The van der Waals surface area contributed by atoms with Gasteiger partial charge in [0.2, 0.25) is 5.91 Å². The summed E-state index contributed by atoms with van der Waals surface area (Å²) in [5, 5.41) is 9.52. The second-order valence-electron chi connectivity index (χ2n) is 8.36. The Morgan fingerprint density at radius 3 is 2.42 bits per heavy atom. The van der Waals surface area contributed by atoms with Crippen LogP contribution in [0.2, 0.25) is 0 Å². The summed E-state index contributed by atoms with van der Waals surface area (Å²) >= 11 is 1.43. The Morgan fingerprint density at radius 2 is 1.73 bits per heavy atom. The van der Waals surface area contributed by atoms with Crippen LogP contribution >= 0.6 is 11.8 Å². The van der Waals surface area contributed by atoms with Gasteiger partial charge in [0, 0.05) is 19.1 Å². The minimum Gasteiger partial charge on any atom is -0.497 e. The van der Waals surface area contributed by atoms with Crippen molar-refractivity contribution in [3.63, 3.8) is 0 Å². The van der Waals surface area contributed by atoms with Crippen LogP contribution in [0, 0.1) is 0 Å². The van der Waals surface area contributed by atoms with E-state index in [0.29, 0.717) is 12.3 Å². The number of nitrogens with zero attached hydrogens (tertiary/aromatic N) is 4. The number of carbonyl (C=O) groups excluding carboxylic acids is 1. The summed E-state index contributed by atoms with van der Waals surface area (Å²) in [6.07, 6.45) is 0.607. The van der Waals surface area contributed by atoms with Crippen molar-refractivity contribution < 1.29 is 14.3 Å². The first kappa shape index (κ1) is 23.2. The average Bonchev–Trinajstić information content (AvgIpc) is 3.27. The Kier molecular flexibility index (Phi) is 7.23. The Morgan fingerprint density at radius 1 is 1.03 bits per heavy atom. The van der Waals surface area contributed by atoms with Gasteiger partial charge >= 0.3 is 0 Å². The van der Waals surface area contributed by atoms with E-state index in [0.717, 1.165) is 35.4 Å². The smallest absolute Gasteiger partial charge is 0.233 e. The van der Waals surface area contributed by atoms with Crippen LogP contribution in [0.3, 0.4) is 0 Å². The lowest BCUT2D eigenvalue weighted by atomic mass is 10.00. The van der Waals surface area contributed by atoms with Crippen molar-refractivity contribution in [3.05, 3.63) is 65.5 Å². The molecule has 0 fully saturated rings. The van der Waals surface area contributed by atoms with Crippen molar-refractivity contribution >= 4 is 17.7 Å². The fraction of sp³-hybridized carbons (Fsp3) is 0.400. The Labute approximate surface area is 199 Å². The Bertz CT molecular complexity index is 1100. The average molecular weight is 467 g/mol. The highest BCUT2D eigenvalue weighted by Crippen LogP contribution is 2.29. The van der Waals surface area contributed by atoms with E-state index in [1.165, 1.54) is 22.9 Å². The molecule has 33 heavy (non-hydrogen) atoms. The minimum absolute atomic E-state index is 0.122. The molecule has 0 aliphatic carbocycles. The third-order valence-electron chi connectivity index (χ3n) is 5.75. The molecule has 1 aromatic heterocycles. The lowest BCUT2D eigenvalue weighted by molar-refractivity contribution is -0.129. The van der Waals surface area contributed by atoms with Crippen LogP contribution in [0.25, 0.3) is 0 Å². The van der Waals surface area contributed by atoms with Crippen molar-refractivity contribution in [1.29, 1.82) is 0 Å². The van der Waals surface area contributed by atoms with Crippen LogP contribution in [0.1, 0.15) is 49.9 Å². The summed E-state index contributed by atoms with van der Waals surface area (Å²) in [5.41, 5.74) is 2.57. The number of aromatic nitrogens is 3. The van der Waals surface area contributed by atoms with E-state index in [1.807, 2.05) is 42.2 Å². The van der Waals surface area contributed by atoms with Crippen LogP contribution in [-0.4, -0.2) is 45.0 Å². The number of amides is 1. The van der Waals surface area contributed by atoms with Gasteiger partial charge in [0.25, 0.3) is 0 Å². The van der Waals surface area contributed by atoms with Gasteiger partial charge in [-0.05, 0) is 62.6 Å². The number of hydrogen-bond acceptors (Lipinski definition) is 6. The molecule has 1 amide bonds. The summed E-state index contributed by atoms with van der Waals surface area (Å²) < 4.78 is 13.4. The molecule has 3 aromatic rings. The molecule has 174 valence electrons. The highest BCUT2D eigenvalue weighted by Gasteiger charge is 2.24. The fourth-order valence-corrected chi connectivity index (χ4v) is 4.96. The van der Waals surface area contributed by atoms with E-state index in [-0.39, 0.29) is 18.1 Å². The molecule has 1 atom stereocenters. The fourth-order valence-electron chi connectivity index (χ4n) is 3.99. The Hall–Kier alpha value is -3.00. The monoisotopic (exact) mass is 466 g/mol. The van der Waals surface area contributed by atoms with Crippen molar-refractivity contribution in [3.8, 4) is 11.5 Å². The molecule has 0 N–H and O–H groups in total. The maximum absolute atomic E-state index is 12.9. The molecule has 4 rings (SSSR count). The highest BCUT2D eigenvalue weighted by atomic mass is 32.2. The molecule has 1 aliphatic heterocycles. The SMILES string of the molecule is COc1ccc(OC(C)c2nnc(SCC(=O)N3CCc4ccccc4C3)n2C(C)C)cc1. The molecule has 2 aromatic carbocycles. The zero-order valence-electron chi connectivity index (χ0n) is 19.5. The molecule has 0 saturated heterocycles. The van der Waals surface area contributed by atoms with Crippen LogP contribution in [0.5, 0.6) is 11.5 Å². The van der Waals surface area contributed by atoms with E-state index < -0.39 is 0 Å². The van der Waals surface area contributed by atoms with Gasteiger partial charge in [-0.1, -0.05) is 36.0 Å². The summed E-state index contributed by atoms with van der Waals surface area (Å²) in [6.45, 7) is 7.55. The normalized spacial score (nSPS) is 14.2. The van der Waals surface area contributed by atoms with Gasteiger partial charge in [0.1, 0.15) is 11.5 Å². The van der Waals surface area contributed by atoms with Gasteiger partial charge < -0.3 is 18.9 Å². The second-order valence-corrected chi connectivity index (χ2v) is 9.31. The van der Waals surface area contributed by atoms with Crippen LogP contribution in [0.15, 0.2) is 53.7 Å². The number of hydrogen-bond donors (Lipinski definition) is 0. The van der Waals surface area contributed by atoms with E-state index in [2.05, 4.69) is 46.8 Å². The van der Waals surface area contributed by atoms with Gasteiger partial charge in [-0.15, -0.1) is 10.2 Å². The molecule has 1 unspecified atom stereocenters. The highest BCUT2D eigenvalue weighted by molar-refractivity contribution is 7.99. The first-order valence-corrected chi connectivity index (χ1v) is 12.2. The molecule has 0 spiro atoms. The van der Waals surface area contributed by atoms with Crippen LogP contribution in [-0.2, 0) is 17.8 Å². The zero-order chi connectivity index (χ0) is 23.4.